The third-order valence-corrected chi connectivity index (χ3v) is 2.29. The number of nitrogens with two attached hydrogens (primary N) is 1. The van der Waals surface area contributed by atoms with E-state index in [2.05, 4.69) is 15.9 Å². The second-order valence-corrected chi connectivity index (χ2v) is 3.60. The molecule has 0 radical (unpaired) electrons. The van der Waals surface area contributed by atoms with Crippen LogP contribution < -0.4 is 5.73 Å². The Bertz CT molecular complexity index is 280. The Labute approximate surface area is 92.1 Å². The van der Waals surface area contributed by atoms with Gasteiger partial charge in [-0.15, -0.1) is 12.4 Å². The van der Waals surface area contributed by atoms with E-state index in [4.69, 9.17) is 5.73 Å². The van der Waals surface area contributed by atoms with Gasteiger partial charge in [-0.2, -0.15) is 0 Å². The molecular formula is C9H12BrClFN. The summed E-state index contributed by atoms with van der Waals surface area (Å²) in [5, 5.41) is 0. The van der Waals surface area contributed by atoms with Crippen molar-refractivity contribution in [3.63, 3.8) is 0 Å². The van der Waals surface area contributed by atoms with Gasteiger partial charge in [0.25, 0.3) is 0 Å². The van der Waals surface area contributed by atoms with Crippen molar-refractivity contribution >= 4 is 28.3 Å². The molecule has 0 spiro atoms. The lowest BCUT2D eigenvalue weighted by Gasteiger charge is -2.10. The van der Waals surface area contributed by atoms with E-state index in [-0.39, 0.29) is 24.3 Å². The molecule has 13 heavy (non-hydrogen) atoms. The molecule has 0 fully saturated rings. The summed E-state index contributed by atoms with van der Waals surface area (Å²) in [6, 6.07) is 4.61. The van der Waals surface area contributed by atoms with Crippen LogP contribution in [0.15, 0.2) is 22.7 Å². The molecule has 1 atom stereocenters. The molecule has 0 saturated heterocycles. The summed E-state index contributed by atoms with van der Waals surface area (Å²) in [7, 11) is 0. The first-order chi connectivity index (χ1) is 5.65. The van der Waals surface area contributed by atoms with E-state index in [0.717, 1.165) is 10.9 Å². The fraction of sp³-hybridized carbons (Fsp3) is 0.333. The van der Waals surface area contributed by atoms with Gasteiger partial charge in [0, 0.05) is 16.1 Å². The fourth-order valence-electron chi connectivity index (χ4n) is 1.02. The second-order valence-electron chi connectivity index (χ2n) is 2.68. The average molecular weight is 269 g/mol. The quantitative estimate of drug-likeness (QED) is 0.874. The van der Waals surface area contributed by atoms with Crippen LogP contribution in [0.4, 0.5) is 4.39 Å². The molecule has 0 amide bonds. The lowest BCUT2D eigenvalue weighted by Crippen LogP contribution is -2.10. The third kappa shape index (κ3) is 3.25. The predicted octanol–water partition coefficient (Wildman–Crippen LogP) is 3.42. The minimum Gasteiger partial charge on any atom is -0.324 e. The van der Waals surface area contributed by atoms with Gasteiger partial charge in [-0.3, -0.25) is 0 Å². The van der Waals surface area contributed by atoms with E-state index in [9.17, 15) is 4.39 Å². The van der Waals surface area contributed by atoms with Crippen molar-refractivity contribution in [1.29, 1.82) is 0 Å². The van der Waals surface area contributed by atoms with Crippen LogP contribution in [0.1, 0.15) is 24.9 Å². The zero-order valence-corrected chi connectivity index (χ0v) is 9.66. The second kappa shape index (κ2) is 5.58. The Morgan fingerprint density at radius 1 is 1.54 bits per heavy atom. The monoisotopic (exact) mass is 267 g/mol. The van der Waals surface area contributed by atoms with Crippen LogP contribution in [0.2, 0.25) is 0 Å². The molecule has 0 aliphatic carbocycles. The zero-order valence-electron chi connectivity index (χ0n) is 7.26. The van der Waals surface area contributed by atoms with Crippen molar-refractivity contribution in [2.45, 2.75) is 19.4 Å². The standard InChI is InChI=1S/C9H11BrFN.ClH/c1-2-9(12)7-5-6(10)3-4-8(7)11;/h3-5,9H,2,12H2,1H3;1H/t9-;/m1./s1. The molecule has 0 saturated carbocycles. The molecule has 0 bridgehead atoms. The number of benzene rings is 1. The minimum absolute atomic E-state index is 0. The Balaban J connectivity index is 0.00000144. The Hall–Kier alpha value is -0.120. The highest BCUT2D eigenvalue weighted by Gasteiger charge is 2.08. The van der Waals surface area contributed by atoms with Crippen molar-refractivity contribution in [2.24, 2.45) is 5.73 Å². The van der Waals surface area contributed by atoms with Gasteiger partial charge >= 0.3 is 0 Å². The van der Waals surface area contributed by atoms with Crippen molar-refractivity contribution in [1.82, 2.24) is 0 Å². The average Bonchev–Trinajstić information content (AvgIpc) is 2.08. The summed E-state index contributed by atoms with van der Waals surface area (Å²) in [4.78, 5) is 0. The molecule has 0 aliphatic rings. The summed E-state index contributed by atoms with van der Waals surface area (Å²) in [5.74, 6) is -0.229. The van der Waals surface area contributed by atoms with Crippen molar-refractivity contribution < 1.29 is 4.39 Å². The Kier molecular flexibility index (Phi) is 5.53. The summed E-state index contributed by atoms with van der Waals surface area (Å²) < 4.78 is 14.0. The summed E-state index contributed by atoms with van der Waals surface area (Å²) >= 11 is 3.27. The lowest BCUT2D eigenvalue weighted by molar-refractivity contribution is 0.575. The molecular weight excluding hydrogens is 256 g/mol. The molecule has 0 unspecified atom stereocenters. The lowest BCUT2D eigenvalue weighted by atomic mass is 10.1. The van der Waals surface area contributed by atoms with Crippen LogP contribution >= 0.6 is 28.3 Å². The van der Waals surface area contributed by atoms with Crippen LogP contribution in [-0.4, -0.2) is 0 Å². The topological polar surface area (TPSA) is 26.0 Å². The predicted molar refractivity (Wildman–Crippen MR) is 58.6 cm³/mol. The number of halogens is 3. The first-order valence-electron chi connectivity index (χ1n) is 3.85. The Morgan fingerprint density at radius 3 is 2.69 bits per heavy atom. The van der Waals surface area contributed by atoms with Gasteiger partial charge in [0.05, 0.1) is 0 Å². The minimum atomic E-state index is -0.229. The maximum absolute atomic E-state index is 13.1. The molecule has 1 rings (SSSR count). The van der Waals surface area contributed by atoms with E-state index >= 15 is 0 Å². The molecule has 2 N–H and O–H groups in total. The molecule has 0 aromatic heterocycles. The van der Waals surface area contributed by atoms with Crippen LogP contribution in [0.25, 0.3) is 0 Å². The zero-order chi connectivity index (χ0) is 9.14. The van der Waals surface area contributed by atoms with Crippen LogP contribution in [-0.2, 0) is 0 Å². The molecule has 1 aromatic rings. The van der Waals surface area contributed by atoms with Crippen LogP contribution in [0.3, 0.4) is 0 Å². The molecule has 0 heterocycles. The fourth-order valence-corrected chi connectivity index (χ4v) is 1.40. The highest BCUT2D eigenvalue weighted by Crippen LogP contribution is 2.21. The summed E-state index contributed by atoms with van der Waals surface area (Å²) in [5.41, 5.74) is 6.28. The number of rotatable bonds is 2. The number of hydrogen-bond acceptors (Lipinski definition) is 1. The van der Waals surface area contributed by atoms with Gasteiger partial charge in [0.2, 0.25) is 0 Å². The summed E-state index contributed by atoms with van der Waals surface area (Å²) in [6.45, 7) is 1.94. The summed E-state index contributed by atoms with van der Waals surface area (Å²) in [6.07, 6.45) is 0.743. The highest BCUT2D eigenvalue weighted by atomic mass is 79.9. The van der Waals surface area contributed by atoms with E-state index in [1.165, 1.54) is 6.07 Å². The van der Waals surface area contributed by atoms with E-state index in [1.54, 1.807) is 12.1 Å². The molecule has 1 nitrogen and oxygen atoms in total. The molecule has 0 aliphatic heterocycles. The van der Waals surface area contributed by atoms with Gasteiger partial charge < -0.3 is 5.73 Å². The van der Waals surface area contributed by atoms with Crippen molar-refractivity contribution in [3.05, 3.63) is 34.1 Å². The largest absolute Gasteiger partial charge is 0.324 e. The van der Waals surface area contributed by atoms with Gasteiger partial charge in [-0.05, 0) is 24.6 Å². The van der Waals surface area contributed by atoms with E-state index in [1.807, 2.05) is 6.92 Å². The van der Waals surface area contributed by atoms with Gasteiger partial charge in [-0.25, -0.2) is 4.39 Å². The van der Waals surface area contributed by atoms with Crippen molar-refractivity contribution in [3.8, 4) is 0 Å². The Morgan fingerprint density at radius 2 is 2.15 bits per heavy atom. The maximum Gasteiger partial charge on any atom is 0.128 e. The number of hydrogen-bond donors (Lipinski definition) is 1. The SMILES string of the molecule is CC[C@@H](N)c1cc(Br)ccc1F.Cl. The van der Waals surface area contributed by atoms with E-state index in [0.29, 0.717) is 5.56 Å². The first kappa shape index (κ1) is 12.9. The molecule has 1 aromatic carbocycles. The molecule has 4 heteroatoms. The normalized spacial score (nSPS) is 12.0. The van der Waals surface area contributed by atoms with Gasteiger partial charge in [-0.1, -0.05) is 22.9 Å². The molecule has 74 valence electrons. The smallest absolute Gasteiger partial charge is 0.128 e. The van der Waals surface area contributed by atoms with Crippen LogP contribution in [0, 0.1) is 5.82 Å². The maximum atomic E-state index is 13.1. The van der Waals surface area contributed by atoms with Crippen LogP contribution in [0.5, 0.6) is 0 Å². The van der Waals surface area contributed by atoms with Gasteiger partial charge in [0.15, 0.2) is 0 Å². The van der Waals surface area contributed by atoms with E-state index < -0.39 is 0 Å². The van der Waals surface area contributed by atoms with Gasteiger partial charge in [0.1, 0.15) is 5.82 Å². The first-order valence-corrected chi connectivity index (χ1v) is 4.65. The third-order valence-electron chi connectivity index (χ3n) is 1.80. The highest BCUT2D eigenvalue weighted by molar-refractivity contribution is 9.10. The van der Waals surface area contributed by atoms with Crippen molar-refractivity contribution in [2.75, 3.05) is 0 Å².